The molecule has 0 bridgehead atoms. The van der Waals surface area contributed by atoms with Crippen molar-refractivity contribution < 1.29 is 14.3 Å². The Morgan fingerprint density at radius 3 is 2.75 bits per heavy atom. The van der Waals surface area contributed by atoms with E-state index in [0.717, 1.165) is 16.5 Å². The van der Waals surface area contributed by atoms with E-state index in [1.807, 2.05) is 13.8 Å². The number of benzene rings is 1. The zero-order valence-electron chi connectivity index (χ0n) is 13.4. The normalized spacial score (nSPS) is 11.0. The van der Waals surface area contributed by atoms with Crippen molar-refractivity contribution in [3.05, 3.63) is 56.5 Å². The van der Waals surface area contributed by atoms with Crippen molar-refractivity contribution in [3.8, 4) is 0 Å². The van der Waals surface area contributed by atoms with Gasteiger partial charge in [0.25, 0.3) is 5.56 Å². The van der Waals surface area contributed by atoms with Crippen molar-refractivity contribution in [3.63, 3.8) is 0 Å². The summed E-state index contributed by atoms with van der Waals surface area (Å²) in [5.41, 5.74) is -0.815. The summed E-state index contributed by atoms with van der Waals surface area (Å²) in [4.78, 5) is 32.5. The Hall–Kier alpha value is -2.06. The first-order valence-corrected chi connectivity index (χ1v) is 8.32. The van der Waals surface area contributed by atoms with Crippen molar-refractivity contribution in [2.45, 2.75) is 36.1 Å². The number of aliphatic hydroxyl groups excluding tert-OH is 1. The highest BCUT2D eigenvalue weighted by atomic mass is 32.2. The molecular weight excluding hydrogens is 335 g/mol. The number of nitrogens with zero attached hydrogens (tertiary/aromatic N) is 1. The SMILES string of the molecule is CC(C)c1c(Sc2cccc(F)c2)n(OCCCO)c(=O)[nH]c1=O. The Morgan fingerprint density at radius 1 is 1.38 bits per heavy atom. The van der Waals surface area contributed by atoms with Crippen molar-refractivity contribution in [2.75, 3.05) is 13.2 Å². The van der Waals surface area contributed by atoms with Gasteiger partial charge in [0, 0.05) is 17.9 Å². The molecule has 0 unspecified atom stereocenters. The Bertz CT molecular complexity index is 816. The third-order valence-corrected chi connectivity index (χ3v) is 4.24. The lowest BCUT2D eigenvalue weighted by atomic mass is 10.1. The van der Waals surface area contributed by atoms with Crippen molar-refractivity contribution in [2.24, 2.45) is 0 Å². The minimum absolute atomic E-state index is 0.0818. The van der Waals surface area contributed by atoms with Gasteiger partial charge in [0.05, 0.1) is 5.56 Å². The Kier molecular flexibility index (Phi) is 6.22. The molecule has 0 saturated carbocycles. The van der Waals surface area contributed by atoms with Gasteiger partial charge < -0.3 is 9.94 Å². The van der Waals surface area contributed by atoms with Crippen LogP contribution in [0.4, 0.5) is 4.39 Å². The van der Waals surface area contributed by atoms with Crippen LogP contribution >= 0.6 is 11.8 Å². The van der Waals surface area contributed by atoms with Gasteiger partial charge in [0.15, 0.2) is 0 Å². The predicted molar refractivity (Wildman–Crippen MR) is 89.1 cm³/mol. The highest BCUT2D eigenvalue weighted by Gasteiger charge is 2.20. The van der Waals surface area contributed by atoms with Gasteiger partial charge in [-0.15, -0.1) is 4.73 Å². The average molecular weight is 354 g/mol. The molecule has 1 heterocycles. The summed E-state index contributed by atoms with van der Waals surface area (Å²) in [6.45, 7) is 3.67. The molecule has 0 radical (unpaired) electrons. The molecule has 2 aromatic rings. The molecule has 1 aromatic heterocycles. The maximum atomic E-state index is 13.4. The Balaban J connectivity index is 2.55. The van der Waals surface area contributed by atoms with Crippen LogP contribution < -0.4 is 16.1 Å². The van der Waals surface area contributed by atoms with Gasteiger partial charge in [0.1, 0.15) is 17.5 Å². The van der Waals surface area contributed by atoms with E-state index in [0.29, 0.717) is 21.9 Å². The Morgan fingerprint density at radius 2 is 2.12 bits per heavy atom. The van der Waals surface area contributed by atoms with Gasteiger partial charge >= 0.3 is 5.69 Å². The molecule has 2 rings (SSSR count). The van der Waals surface area contributed by atoms with Crippen molar-refractivity contribution in [1.29, 1.82) is 0 Å². The number of rotatable bonds is 7. The maximum absolute atomic E-state index is 13.4. The summed E-state index contributed by atoms with van der Waals surface area (Å²) < 4.78 is 14.4. The summed E-state index contributed by atoms with van der Waals surface area (Å²) in [6, 6.07) is 5.87. The molecule has 0 atom stereocenters. The molecular formula is C16H19FN2O4S. The lowest BCUT2D eigenvalue weighted by Crippen LogP contribution is -2.38. The van der Waals surface area contributed by atoms with Crippen LogP contribution in [-0.2, 0) is 0 Å². The first-order valence-electron chi connectivity index (χ1n) is 7.50. The van der Waals surface area contributed by atoms with Crippen LogP contribution in [0.15, 0.2) is 43.8 Å². The molecule has 130 valence electrons. The summed E-state index contributed by atoms with van der Waals surface area (Å²) in [6.07, 6.45) is 0.340. The number of halogens is 1. The molecule has 0 aliphatic rings. The zero-order chi connectivity index (χ0) is 17.7. The monoisotopic (exact) mass is 354 g/mol. The van der Waals surface area contributed by atoms with Crippen LogP contribution in [0.1, 0.15) is 31.7 Å². The predicted octanol–water partition coefficient (Wildman–Crippen LogP) is 1.76. The number of aliphatic hydroxyl groups is 1. The second-order valence-electron chi connectivity index (χ2n) is 5.40. The van der Waals surface area contributed by atoms with Gasteiger partial charge in [-0.05, 0) is 24.1 Å². The van der Waals surface area contributed by atoms with E-state index in [1.54, 1.807) is 12.1 Å². The van der Waals surface area contributed by atoms with Crippen LogP contribution in [0, 0.1) is 5.82 Å². The first-order chi connectivity index (χ1) is 11.4. The maximum Gasteiger partial charge on any atom is 0.362 e. The smallest absolute Gasteiger partial charge is 0.362 e. The third-order valence-electron chi connectivity index (χ3n) is 3.18. The number of nitrogens with one attached hydrogen (secondary N) is 1. The standard InChI is InChI=1S/C16H19FN2O4S/c1-10(2)13-14(21)18-16(22)19(23-8-4-7-20)15(13)24-12-6-3-5-11(17)9-12/h3,5-6,9-10,20H,4,7-8H2,1-2H3,(H,18,21,22). The summed E-state index contributed by atoms with van der Waals surface area (Å²) in [5, 5.41) is 9.17. The zero-order valence-corrected chi connectivity index (χ0v) is 14.2. The highest BCUT2D eigenvalue weighted by Crippen LogP contribution is 2.31. The van der Waals surface area contributed by atoms with Gasteiger partial charge in [-0.25, -0.2) is 9.18 Å². The van der Waals surface area contributed by atoms with Crippen LogP contribution in [-0.4, -0.2) is 28.0 Å². The molecule has 0 aliphatic carbocycles. The average Bonchev–Trinajstić information content (AvgIpc) is 2.49. The van der Waals surface area contributed by atoms with E-state index in [-0.39, 0.29) is 19.1 Å². The number of aromatic nitrogens is 2. The fourth-order valence-electron chi connectivity index (χ4n) is 2.10. The summed E-state index contributed by atoms with van der Waals surface area (Å²) in [5.74, 6) is -0.580. The second-order valence-corrected chi connectivity index (χ2v) is 6.46. The molecule has 0 fully saturated rings. The fourth-order valence-corrected chi connectivity index (χ4v) is 3.30. The van der Waals surface area contributed by atoms with E-state index in [1.165, 1.54) is 12.1 Å². The van der Waals surface area contributed by atoms with Crippen molar-refractivity contribution in [1.82, 2.24) is 9.71 Å². The van der Waals surface area contributed by atoms with Crippen molar-refractivity contribution >= 4 is 11.8 Å². The van der Waals surface area contributed by atoms with E-state index in [9.17, 15) is 14.0 Å². The molecule has 0 saturated heterocycles. The third kappa shape index (κ3) is 4.27. The number of hydrogen-bond acceptors (Lipinski definition) is 5. The lowest BCUT2D eigenvalue weighted by molar-refractivity contribution is 0.0675. The molecule has 2 N–H and O–H groups in total. The lowest BCUT2D eigenvalue weighted by Gasteiger charge is -2.17. The van der Waals surface area contributed by atoms with Crippen LogP contribution in [0.5, 0.6) is 0 Å². The topological polar surface area (TPSA) is 84.3 Å². The number of aromatic amines is 1. The molecule has 24 heavy (non-hydrogen) atoms. The molecule has 1 aromatic carbocycles. The summed E-state index contributed by atoms with van der Waals surface area (Å²) in [7, 11) is 0. The van der Waals surface area contributed by atoms with Gasteiger partial charge in [0.2, 0.25) is 0 Å². The number of H-pyrrole nitrogens is 1. The second kappa shape index (κ2) is 8.16. The molecule has 0 spiro atoms. The summed E-state index contributed by atoms with van der Waals surface area (Å²) >= 11 is 1.09. The minimum Gasteiger partial charge on any atom is -0.408 e. The molecule has 0 aliphatic heterocycles. The van der Waals surface area contributed by atoms with Gasteiger partial charge in [-0.3, -0.25) is 9.78 Å². The largest absolute Gasteiger partial charge is 0.408 e. The van der Waals surface area contributed by atoms with Gasteiger partial charge in [-0.2, -0.15) is 0 Å². The molecule has 0 amide bonds. The molecule has 6 nitrogen and oxygen atoms in total. The van der Waals surface area contributed by atoms with E-state index in [4.69, 9.17) is 9.94 Å². The van der Waals surface area contributed by atoms with Crippen LogP contribution in [0.2, 0.25) is 0 Å². The fraction of sp³-hybridized carbons (Fsp3) is 0.375. The van der Waals surface area contributed by atoms with Crippen LogP contribution in [0.25, 0.3) is 0 Å². The van der Waals surface area contributed by atoms with E-state index >= 15 is 0 Å². The van der Waals surface area contributed by atoms with E-state index < -0.39 is 17.1 Å². The van der Waals surface area contributed by atoms with Gasteiger partial charge in [-0.1, -0.05) is 31.7 Å². The molecule has 8 heteroatoms. The van der Waals surface area contributed by atoms with Crippen LogP contribution in [0.3, 0.4) is 0 Å². The Labute approximate surface area is 142 Å². The minimum atomic E-state index is -0.707. The van der Waals surface area contributed by atoms with E-state index in [2.05, 4.69) is 4.98 Å². The number of hydrogen-bond donors (Lipinski definition) is 2. The first kappa shape index (κ1) is 18.3. The highest BCUT2D eigenvalue weighted by molar-refractivity contribution is 7.99. The quantitative estimate of drug-likeness (QED) is 0.585.